The largest absolute Gasteiger partial charge is 0.383 e. The van der Waals surface area contributed by atoms with E-state index in [1.54, 1.807) is 7.11 Å². The molecule has 98 valence electrons. The van der Waals surface area contributed by atoms with Crippen LogP contribution in [0.2, 0.25) is 0 Å². The molecule has 0 bridgehead atoms. The normalized spacial score (nSPS) is 13.1. The number of ether oxygens (including phenoxy) is 1. The number of fused-ring (bicyclic) bond motifs is 1. The quantitative estimate of drug-likeness (QED) is 0.851. The molecule has 0 spiro atoms. The lowest BCUT2D eigenvalue weighted by atomic mass is 10.0. The van der Waals surface area contributed by atoms with Gasteiger partial charge in [-0.3, -0.25) is 0 Å². The molecule has 2 aromatic rings. The number of hydrogen-bond donors (Lipinski definition) is 1. The van der Waals surface area contributed by atoms with Gasteiger partial charge in [0, 0.05) is 25.9 Å². The lowest BCUT2D eigenvalue weighted by Gasteiger charge is -2.13. The van der Waals surface area contributed by atoms with Gasteiger partial charge in [-0.15, -0.1) is 0 Å². The first-order chi connectivity index (χ1) is 8.76. The lowest BCUT2D eigenvalue weighted by molar-refractivity contribution is 0.188. The lowest BCUT2D eigenvalue weighted by Crippen LogP contribution is -2.21. The van der Waals surface area contributed by atoms with Crippen molar-refractivity contribution in [3.63, 3.8) is 0 Å². The average molecular weight is 246 g/mol. The standard InChI is InChI=1S/C15H22N2O/c1-3-14(16)11-13-6-4-5-12-7-8-17(15(12)13)9-10-18-2/h4-8,14H,3,9-11,16H2,1-2H3. The summed E-state index contributed by atoms with van der Waals surface area (Å²) in [5.41, 5.74) is 8.72. The molecule has 0 aliphatic carbocycles. The third-order valence-corrected chi connectivity index (χ3v) is 3.41. The summed E-state index contributed by atoms with van der Waals surface area (Å²) >= 11 is 0. The van der Waals surface area contributed by atoms with Crippen LogP contribution in [0.1, 0.15) is 18.9 Å². The van der Waals surface area contributed by atoms with Crippen molar-refractivity contribution in [3.05, 3.63) is 36.0 Å². The van der Waals surface area contributed by atoms with E-state index in [0.29, 0.717) is 0 Å². The summed E-state index contributed by atoms with van der Waals surface area (Å²) in [4.78, 5) is 0. The van der Waals surface area contributed by atoms with Gasteiger partial charge in [0.2, 0.25) is 0 Å². The molecule has 0 aliphatic heterocycles. The molecule has 0 saturated carbocycles. The first kappa shape index (κ1) is 13.1. The molecular formula is C15H22N2O. The Balaban J connectivity index is 2.35. The van der Waals surface area contributed by atoms with Crippen LogP contribution in [0.25, 0.3) is 10.9 Å². The Bertz CT molecular complexity index is 504. The van der Waals surface area contributed by atoms with E-state index in [1.807, 2.05) is 0 Å². The fourth-order valence-electron chi connectivity index (χ4n) is 2.31. The zero-order valence-electron chi connectivity index (χ0n) is 11.2. The maximum atomic E-state index is 6.08. The highest BCUT2D eigenvalue weighted by Crippen LogP contribution is 2.21. The number of nitrogens with zero attached hydrogens (tertiary/aromatic N) is 1. The summed E-state index contributed by atoms with van der Waals surface area (Å²) < 4.78 is 7.42. The van der Waals surface area contributed by atoms with Crippen LogP contribution in [0.4, 0.5) is 0 Å². The van der Waals surface area contributed by atoms with Crippen LogP contribution in [0.3, 0.4) is 0 Å². The Hall–Kier alpha value is -1.32. The van der Waals surface area contributed by atoms with Gasteiger partial charge in [0.25, 0.3) is 0 Å². The summed E-state index contributed by atoms with van der Waals surface area (Å²) in [6, 6.07) is 8.84. The Morgan fingerprint density at radius 1 is 1.33 bits per heavy atom. The van der Waals surface area contributed by atoms with Crippen molar-refractivity contribution in [1.29, 1.82) is 0 Å². The van der Waals surface area contributed by atoms with Gasteiger partial charge in [-0.05, 0) is 29.9 Å². The molecule has 3 heteroatoms. The molecule has 0 radical (unpaired) electrons. The predicted octanol–water partition coefficient (Wildman–Crippen LogP) is 2.57. The first-order valence-electron chi connectivity index (χ1n) is 6.57. The number of benzene rings is 1. The number of methoxy groups -OCH3 is 1. The number of para-hydroxylation sites is 1. The molecule has 1 aromatic carbocycles. The Labute approximate surface area is 109 Å². The van der Waals surface area contributed by atoms with Gasteiger partial charge in [-0.25, -0.2) is 0 Å². The highest BCUT2D eigenvalue weighted by atomic mass is 16.5. The topological polar surface area (TPSA) is 40.2 Å². The van der Waals surface area contributed by atoms with Crippen LogP contribution in [0.5, 0.6) is 0 Å². The molecule has 18 heavy (non-hydrogen) atoms. The Morgan fingerprint density at radius 3 is 2.89 bits per heavy atom. The minimum Gasteiger partial charge on any atom is -0.383 e. The fourth-order valence-corrected chi connectivity index (χ4v) is 2.31. The van der Waals surface area contributed by atoms with Crippen LogP contribution in [-0.4, -0.2) is 24.3 Å². The van der Waals surface area contributed by atoms with Crippen molar-refractivity contribution in [3.8, 4) is 0 Å². The van der Waals surface area contributed by atoms with Crippen LogP contribution in [0, 0.1) is 0 Å². The van der Waals surface area contributed by atoms with Gasteiger partial charge in [0.05, 0.1) is 12.1 Å². The minimum atomic E-state index is 0.237. The Morgan fingerprint density at radius 2 is 2.17 bits per heavy atom. The Kier molecular flexibility index (Phi) is 4.39. The van der Waals surface area contributed by atoms with E-state index < -0.39 is 0 Å². The highest BCUT2D eigenvalue weighted by Gasteiger charge is 2.09. The number of hydrogen-bond acceptors (Lipinski definition) is 2. The summed E-state index contributed by atoms with van der Waals surface area (Å²) in [5.74, 6) is 0. The molecule has 2 N–H and O–H groups in total. The van der Waals surface area contributed by atoms with E-state index in [1.165, 1.54) is 16.5 Å². The second-order valence-electron chi connectivity index (χ2n) is 4.73. The van der Waals surface area contributed by atoms with E-state index in [2.05, 4.69) is 42.0 Å². The van der Waals surface area contributed by atoms with Crippen LogP contribution in [-0.2, 0) is 17.7 Å². The van der Waals surface area contributed by atoms with E-state index in [9.17, 15) is 0 Å². The molecule has 1 aromatic heterocycles. The number of aromatic nitrogens is 1. The molecule has 0 fully saturated rings. The van der Waals surface area contributed by atoms with E-state index in [4.69, 9.17) is 10.5 Å². The number of rotatable bonds is 6. The molecule has 1 atom stereocenters. The van der Waals surface area contributed by atoms with Crippen LogP contribution < -0.4 is 5.73 Å². The minimum absolute atomic E-state index is 0.237. The second kappa shape index (κ2) is 6.03. The van der Waals surface area contributed by atoms with Gasteiger partial charge >= 0.3 is 0 Å². The van der Waals surface area contributed by atoms with Crippen molar-refractivity contribution in [2.24, 2.45) is 5.73 Å². The zero-order chi connectivity index (χ0) is 13.0. The summed E-state index contributed by atoms with van der Waals surface area (Å²) in [7, 11) is 1.74. The van der Waals surface area contributed by atoms with E-state index >= 15 is 0 Å². The molecule has 1 heterocycles. The van der Waals surface area contributed by atoms with Crippen molar-refractivity contribution < 1.29 is 4.74 Å². The molecule has 2 rings (SSSR count). The zero-order valence-corrected chi connectivity index (χ0v) is 11.2. The summed E-state index contributed by atoms with van der Waals surface area (Å²) in [5, 5.41) is 1.28. The van der Waals surface area contributed by atoms with Gasteiger partial charge in [-0.2, -0.15) is 0 Å². The maximum Gasteiger partial charge on any atom is 0.0641 e. The van der Waals surface area contributed by atoms with Crippen LogP contribution in [0.15, 0.2) is 30.5 Å². The van der Waals surface area contributed by atoms with E-state index in [-0.39, 0.29) is 6.04 Å². The fraction of sp³-hybridized carbons (Fsp3) is 0.467. The van der Waals surface area contributed by atoms with Crippen molar-refractivity contribution >= 4 is 10.9 Å². The van der Waals surface area contributed by atoms with Crippen molar-refractivity contribution in [2.75, 3.05) is 13.7 Å². The summed E-state index contributed by atoms with van der Waals surface area (Å²) in [6.45, 7) is 3.76. The second-order valence-corrected chi connectivity index (χ2v) is 4.73. The van der Waals surface area contributed by atoms with Crippen LogP contribution >= 0.6 is 0 Å². The van der Waals surface area contributed by atoms with Gasteiger partial charge < -0.3 is 15.0 Å². The highest BCUT2D eigenvalue weighted by molar-refractivity contribution is 5.83. The smallest absolute Gasteiger partial charge is 0.0641 e. The van der Waals surface area contributed by atoms with Crippen molar-refractivity contribution in [1.82, 2.24) is 4.57 Å². The molecule has 1 unspecified atom stereocenters. The molecule has 3 nitrogen and oxygen atoms in total. The number of nitrogens with two attached hydrogens (primary N) is 1. The van der Waals surface area contributed by atoms with Gasteiger partial charge in [-0.1, -0.05) is 25.1 Å². The summed E-state index contributed by atoms with van der Waals surface area (Å²) in [6.07, 6.45) is 4.07. The van der Waals surface area contributed by atoms with E-state index in [0.717, 1.165) is 26.0 Å². The SMILES string of the molecule is CCC(N)Cc1cccc2ccn(CCOC)c12. The average Bonchev–Trinajstić information content (AvgIpc) is 2.80. The first-order valence-corrected chi connectivity index (χ1v) is 6.57. The molecule has 0 amide bonds. The monoisotopic (exact) mass is 246 g/mol. The molecular weight excluding hydrogens is 224 g/mol. The predicted molar refractivity (Wildman–Crippen MR) is 75.8 cm³/mol. The maximum absolute atomic E-state index is 6.08. The van der Waals surface area contributed by atoms with Gasteiger partial charge in [0.1, 0.15) is 0 Å². The third kappa shape index (κ3) is 2.74. The van der Waals surface area contributed by atoms with Gasteiger partial charge in [0.15, 0.2) is 0 Å². The third-order valence-electron chi connectivity index (χ3n) is 3.41. The molecule has 0 aliphatic rings. The van der Waals surface area contributed by atoms with Crippen molar-refractivity contribution in [2.45, 2.75) is 32.4 Å². The molecule has 0 saturated heterocycles.